The molecule has 20 nitrogen and oxygen atoms in total. The molecule has 3 aromatic carbocycles. The first kappa shape index (κ1) is 74.3. The molecule has 0 N–H and O–H groups in total. The molecule has 0 saturated carbocycles. The lowest BCUT2D eigenvalue weighted by Gasteiger charge is -2.32. The number of carbonyl (C=O) groups is 3. The van der Waals surface area contributed by atoms with E-state index in [-0.39, 0.29) is 54.9 Å². The van der Waals surface area contributed by atoms with Crippen LogP contribution in [0.2, 0.25) is 0 Å². The minimum absolute atomic E-state index is 0.0422. The second-order valence-electron chi connectivity index (χ2n) is 29.2. The topological polar surface area (TPSA) is 210 Å². The van der Waals surface area contributed by atoms with Gasteiger partial charge in [-0.05, 0) is 227 Å². The minimum atomic E-state index is -0.220. The van der Waals surface area contributed by atoms with E-state index in [9.17, 15) is 14.4 Å². The van der Waals surface area contributed by atoms with Crippen molar-refractivity contribution in [2.24, 2.45) is 21.1 Å². The Bertz CT molecular complexity index is 5250. The number of rotatable bonds is 15. The molecule has 16 rings (SSSR count). The van der Waals surface area contributed by atoms with E-state index >= 15 is 0 Å². The number of aryl methyl sites for hydroxylation is 3. The van der Waals surface area contributed by atoms with Gasteiger partial charge in [-0.25, -0.2) is 0 Å². The minimum Gasteiger partial charge on any atom is -0.400 e. The molecule has 540 valence electrons. The number of fused-ring (bicyclic) bond motifs is 3. The molecular formula is C84H89BIN15O5. The molecule has 2 saturated heterocycles. The summed E-state index contributed by atoms with van der Waals surface area (Å²) in [5, 5.41) is 19.1. The van der Waals surface area contributed by atoms with Crippen molar-refractivity contribution in [1.82, 2.24) is 73.9 Å². The lowest BCUT2D eigenvalue weighted by Crippen LogP contribution is -2.41. The number of benzene rings is 3. The van der Waals surface area contributed by atoms with Crippen LogP contribution < -0.4 is 0 Å². The second kappa shape index (κ2) is 32.8. The molecule has 0 amide bonds. The van der Waals surface area contributed by atoms with Crippen molar-refractivity contribution < 1.29 is 23.7 Å². The van der Waals surface area contributed by atoms with E-state index in [1.54, 1.807) is 50.8 Å². The van der Waals surface area contributed by atoms with Crippen LogP contribution in [-0.4, -0.2) is 170 Å². The molecular weight excluding hydrogens is 1440 g/mol. The van der Waals surface area contributed by atoms with Gasteiger partial charge in [-0.1, -0.05) is 48.6 Å². The average molecular weight is 1530 g/mol. The van der Waals surface area contributed by atoms with Crippen LogP contribution in [0.15, 0.2) is 201 Å². The summed E-state index contributed by atoms with van der Waals surface area (Å²) in [6.07, 6.45) is 31.6. The predicted molar refractivity (Wildman–Crippen MR) is 427 cm³/mol. The van der Waals surface area contributed by atoms with Crippen LogP contribution in [0.4, 0.5) is 0 Å². The molecule has 0 radical (unpaired) electrons. The number of likely N-dealkylation sites (N-methyl/N-ethyl adjacent to an activating group) is 2. The molecule has 9 aromatic heterocycles. The van der Waals surface area contributed by atoms with Crippen LogP contribution in [-0.2, 0) is 49.7 Å². The van der Waals surface area contributed by atoms with Gasteiger partial charge in [0.25, 0.3) is 0 Å². The predicted octanol–water partition coefficient (Wildman–Crippen LogP) is 14.4. The first-order valence-electron chi connectivity index (χ1n) is 36.1. The first-order chi connectivity index (χ1) is 51.0. The zero-order valence-corrected chi connectivity index (χ0v) is 64.1. The molecule has 0 aliphatic carbocycles. The highest BCUT2D eigenvalue weighted by Gasteiger charge is 2.52. The summed E-state index contributed by atoms with van der Waals surface area (Å²) in [7, 11) is 12.0. The van der Waals surface area contributed by atoms with Gasteiger partial charge >= 0.3 is 7.12 Å². The summed E-state index contributed by atoms with van der Waals surface area (Å²) in [5.74, 6) is 0.610. The summed E-state index contributed by atoms with van der Waals surface area (Å²) >= 11 is 2.11. The third kappa shape index (κ3) is 18.5. The van der Waals surface area contributed by atoms with E-state index in [2.05, 4.69) is 192 Å². The Labute approximate surface area is 633 Å². The van der Waals surface area contributed by atoms with Crippen LogP contribution in [0.1, 0.15) is 119 Å². The normalized spacial score (nSPS) is 16.1. The maximum Gasteiger partial charge on any atom is 0.490 e. The number of Topliss-reactive ketones (excluding diaryl/α,β-unsaturated/α-hetero) is 3. The fourth-order valence-corrected chi connectivity index (χ4v) is 13.9. The number of ketones is 3. The van der Waals surface area contributed by atoms with E-state index in [1.165, 1.54) is 11.0 Å². The van der Waals surface area contributed by atoms with Crippen molar-refractivity contribution in [3.63, 3.8) is 0 Å². The number of likely N-dealkylation sites (tertiary alicyclic amines) is 1. The van der Waals surface area contributed by atoms with Gasteiger partial charge in [0.15, 0.2) is 17.3 Å². The molecule has 0 atom stereocenters. The van der Waals surface area contributed by atoms with E-state index in [4.69, 9.17) is 9.31 Å². The molecule has 106 heavy (non-hydrogen) atoms. The van der Waals surface area contributed by atoms with Gasteiger partial charge in [0.1, 0.15) is 3.70 Å². The van der Waals surface area contributed by atoms with Gasteiger partial charge in [0.2, 0.25) is 0 Å². The lowest BCUT2D eigenvalue weighted by molar-refractivity contribution is 0.00578. The zero-order valence-electron chi connectivity index (χ0n) is 61.9. The number of nitrogens with zero attached hydrogens (tertiary/aromatic N) is 15. The van der Waals surface area contributed by atoms with Gasteiger partial charge in [0.05, 0.1) is 54.7 Å². The Hall–Kier alpha value is -9.95. The number of hydrogen-bond donors (Lipinski definition) is 0. The molecule has 0 bridgehead atoms. The Kier molecular flexibility index (Phi) is 23.0. The Morgan fingerprint density at radius 1 is 0.443 bits per heavy atom. The highest BCUT2D eigenvalue weighted by Crippen LogP contribution is 2.40. The largest absolute Gasteiger partial charge is 0.490 e. The van der Waals surface area contributed by atoms with E-state index in [0.717, 1.165) is 168 Å². The van der Waals surface area contributed by atoms with Crippen molar-refractivity contribution in [2.45, 2.75) is 89.8 Å². The number of halogens is 1. The van der Waals surface area contributed by atoms with Crippen molar-refractivity contribution in [3.8, 4) is 33.4 Å². The molecule has 4 aliphatic heterocycles. The number of piperidine rings is 1. The summed E-state index contributed by atoms with van der Waals surface area (Å²) < 4.78 is 18.2. The number of pyridine rings is 6. The van der Waals surface area contributed by atoms with E-state index in [1.807, 2.05) is 119 Å². The fraction of sp³-hybridized carbons (Fsp3) is 0.310. The first-order valence-corrected chi connectivity index (χ1v) is 37.1. The maximum atomic E-state index is 13.0. The Balaban J connectivity index is 0.000000128. The summed E-state index contributed by atoms with van der Waals surface area (Å²) in [6.45, 7) is 14.6. The van der Waals surface area contributed by atoms with Crippen molar-refractivity contribution in [2.75, 3.05) is 60.4 Å². The number of aromatic nitrogens is 12. The average Bonchev–Trinajstić information content (AvgIpc) is 1.57. The Morgan fingerprint density at radius 3 is 1.28 bits per heavy atom. The Morgan fingerprint density at radius 2 is 0.868 bits per heavy atom. The number of hydrogen-bond acceptors (Lipinski definition) is 17. The second-order valence-corrected chi connectivity index (χ2v) is 30.3. The molecule has 2 fully saturated rings. The van der Waals surface area contributed by atoms with Crippen LogP contribution in [0, 0.1) is 3.70 Å². The number of carbonyl (C=O) groups excluding carboxylic acids is 3. The maximum absolute atomic E-state index is 13.0. The molecule has 4 aliphatic rings. The van der Waals surface area contributed by atoms with Crippen LogP contribution in [0.25, 0.3) is 71.3 Å². The molecule has 13 heterocycles. The molecule has 0 spiro atoms. The van der Waals surface area contributed by atoms with Crippen LogP contribution in [0.3, 0.4) is 0 Å². The van der Waals surface area contributed by atoms with Gasteiger partial charge in [-0.15, -0.1) is 0 Å². The highest BCUT2D eigenvalue weighted by atomic mass is 127. The fourth-order valence-electron chi connectivity index (χ4n) is 13.4. The van der Waals surface area contributed by atoms with Gasteiger partial charge in [-0.3, -0.25) is 58.3 Å². The van der Waals surface area contributed by atoms with Crippen molar-refractivity contribution in [3.05, 3.63) is 250 Å². The van der Waals surface area contributed by atoms with Gasteiger partial charge in [0, 0.05) is 181 Å². The van der Waals surface area contributed by atoms with Crippen molar-refractivity contribution in [1.29, 1.82) is 0 Å². The zero-order chi connectivity index (χ0) is 74.2. The lowest BCUT2D eigenvalue weighted by atomic mass is 9.75. The smallest absolute Gasteiger partial charge is 0.400 e. The third-order valence-corrected chi connectivity index (χ3v) is 21.2. The molecule has 0 unspecified atom stereocenters. The van der Waals surface area contributed by atoms with E-state index < -0.39 is 0 Å². The summed E-state index contributed by atoms with van der Waals surface area (Å²) in [5.41, 5.74) is 14.9. The van der Waals surface area contributed by atoms with E-state index in [0.29, 0.717) is 17.0 Å². The highest BCUT2D eigenvalue weighted by molar-refractivity contribution is 14.1. The van der Waals surface area contributed by atoms with Crippen LogP contribution >= 0.6 is 22.6 Å². The summed E-state index contributed by atoms with van der Waals surface area (Å²) in [6, 6.07) is 35.8. The monoisotopic (exact) mass is 1530 g/mol. The standard InChI is InChI=1S/C26H27N5O.C26H25N5O.C20H15IN4O.C12H22BNO2/c2*1-30-9-6-18(7-10-30)25-13-20(5-8-27-25)26(32)14-24-12-22-11-19(3-4-21(22)15-28-24)23-16-29-31(2)17-23;1-25-12-17(11-24-25)13-2-3-15-10-23-18(7-16(15)6-13)9-19(26)14-4-5-22-20(21)8-14;1-11(2)12(3,4)16-13(15-11)10-6-8-14(5)9-7-10/h3-5,8,11-13,15-18H,6-7,9-10,14H2,1-2H3;3-6,8,11-13,15-17H,7,9-10,14H2,1-2H3;2-8,10-12H,9H2,1H3;6H,7-9H2,1-5H3. The SMILES string of the molecule is CN1CC=C(B2OC(C)(C)C(C)(C)O2)CC1.CN1CC=C(c2cc(C(=O)Cc3cc4cc(-c5cnn(C)c5)ccc4cn3)ccn2)CC1.CN1CCC(c2cc(C(=O)Cc3cc4cc(-c5cnn(C)c5)ccc4cn3)ccn2)CC1.Cn1cc(-c2ccc3cnc(CC(=O)c4ccnc(I)c4)cc3c2)cn1. The van der Waals surface area contributed by atoms with Crippen LogP contribution in [0.5, 0.6) is 0 Å². The third-order valence-electron chi connectivity index (χ3n) is 20.6. The molecule has 12 aromatic rings. The van der Waals surface area contributed by atoms with Gasteiger partial charge in [-0.2, -0.15) is 15.3 Å². The molecule has 22 heteroatoms. The quantitative estimate of drug-likeness (QED) is 0.0404. The van der Waals surface area contributed by atoms with Crippen molar-refractivity contribution >= 4 is 84.9 Å². The van der Waals surface area contributed by atoms with Gasteiger partial charge < -0.3 is 24.0 Å². The summed E-state index contributed by atoms with van der Waals surface area (Å²) in [4.78, 5) is 72.2.